The van der Waals surface area contributed by atoms with Crippen molar-refractivity contribution in [3.05, 3.63) is 59.7 Å². The van der Waals surface area contributed by atoms with Gasteiger partial charge in [-0.25, -0.2) is 0 Å². The molecule has 0 radical (unpaired) electrons. The molecule has 0 bridgehead atoms. The lowest BCUT2D eigenvalue weighted by molar-refractivity contribution is -0.534. The molecular weight excluding hydrogens is 336 g/mol. The lowest BCUT2D eigenvalue weighted by atomic mass is 9.99. The van der Waals surface area contributed by atoms with Crippen LogP contribution in [0, 0.1) is 6.92 Å². The summed E-state index contributed by atoms with van der Waals surface area (Å²) in [6.45, 7) is 6.33. The van der Waals surface area contributed by atoms with Gasteiger partial charge in [0.25, 0.3) is 11.6 Å². The van der Waals surface area contributed by atoms with Crippen molar-refractivity contribution in [1.29, 1.82) is 0 Å². The normalized spacial score (nSPS) is 22.6. The van der Waals surface area contributed by atoms with Crippen LogP contribution in [-0.2, 0) is 5.72 Å². The van der Waals surface area contributed by atoms with Gasteiger partial charge in [-0.05, 0) is 69.5 Å². The standard InChI is InChI=1S/C23H29N2O2/c1-3-27-21-14-10-19(11-15-21)23(26)17-24-16-6-4-5-7-22(24)25(23)20-12-8-18(2)9-13-20/h8-15,26H,3-7,16-17H2,1-2H3/q+1. The summed E-state index contributed by atoms with van der Waals surface area (Å²) in [5, 5.41) is 11.9. The highest BCUT2D eigenvalue weighted by Gasteiger charge is 2.53. The van der Waals surface area contributed by atoms with E-state index in [0.29, 0.717) is 13.2 Å². The summed E-state index contributed by atoms with van der Waals surface area (Å²) >= 11 is 0. The highest BCUT2D eigenvalue weighted by atomic mass is 16.5. The predicted molar refractivity (Wildman–Crippen MR) is 109 cm³/mol. The topological polar surface area (TPSA) is 35.7 Å². The van der Waals surface area contributed by atoms with Gasteiger partial charge >= 0.3 is 0 Å². The van der Waals surface area contributed by atoms with E-state index in [9.17, 15) is 5.11 Å². The Kier molecular flexibility index (Phi) is 4.92. The van der Waals surface area contributed by atoms with Crippen molar-refractivity contribution in [2.75, 3.05) is 24.6 Å². The monoisotopic (exact) mass is 365 g/mol. The Morgan fingerprint density at radius 1 is 1.04 bits per heavy atom. The second kappa shape index (κ2) is 7.35. The van der Waals surface area contributed by atoms with Crippen molar-refractivity contribution in [2.24, 2.45) is 0 Å². The maximum absolute atomic E-state index is 11.9. The van der Waals surface area contributed by atoms with Crippen LogP contribution in [0.4, 0.5) is 5.69 Å². The number of hydrogen-bond acceptors (Lipinski definition) is 3. The van der Waals surface area contributed by atoms with Gasteiger partial charge in [-0.15, -0.1) is 0 Å². The summed E-state index contributed by atoms with van der Waals surface area (Å²) in [5.74, 6) is 2.08. The predicted octanol–water partition coefficient (Wildman–Crippen LogP) is 4.04. The van der Waals surface area contributed by atoms with Crippen LogP contribution in [-0.4, -0.2) is 35.2 Å². The fraction of sp³-hybridized carbons (Fsp3) is 0.435. The highest BCUT2D eigenvalue weighted by molar-refractivity contribution is 5.97. The van der Waals surface area contributed by atoms with Gasteiger partial charge in [-0.2, -0.15) is 4.90 Å². The van der Waals surface area contributed by atoms with E-state index in [1.807, 2.05) is 31.2 Å². The van der Waals surface area contributed by atoms with E-state index in [2.05, 4.69) is 40.7 Å². The first-order valence-corrected chi connectivity index (χ1v) is 10.1. The Balaban J connectivity index is 1.77. The molecule has 0 saturated heterocycles. The van der Waals surface area contributed by atoms with Crippen LogP contribution >= 0.6 is 0 Å². The van der Waals surface area contributed by atoms with Crippen molar-refractivity contribution in [3.63, 3.8) is 0 Å². The van der Waals surface area contributed by atoms with Gasteiger partial charge in [0.15, 0.2) is 6.54 Å². The van der Waals surface area contributed by atoms with Crippen molar-refractivity contribution in [1.82, 2.24) is 0 Å². The van der Waals surface area contributed by atoms with Gasteiger partial charge in [0, 0.05) is 12.0 Å². The third-order valence-corrected chi connectivity index (χ3v) is 5.65. The molecule has 1 atom stereocenters. The molecule has 4 rings (SSSR count). The smallest absolute Gasteiger partial charge is 0.275 e. The zero-order valence-electron chi connectivity index (χ0n) is 16.3. The van der Waals surface area contributed by atoms with Crippen LogP contribution in [0.25, 0.3) is 0 Å². The van der Waals surface area contributed by atoms with Crippen LogP contribution in [0.5, 0.6) is 5.75 Å². The van der Waals surface area contributed by atoms with Gasteiger partial charge in [-0.1, -0.05) is 17.7 Å². The summed E-state index contributed by atoms with van der Waals surface area (Å²) in [6.07, 6.45) is 4.62. The molecule has 2 aromatic carbocycles. The van der Waals surface area contributed by atoms with Gasteiger partial charge < -0.3 is 9.84 Å². The van der Waals surface area contributed by atoms with E-state index in [1.165, 1.54) is 30.7 Å². The number of anilines is 1. The first-order chi connectivity index (χ1) is 13.1. The summed E-state index contributed by atoms with van der Waals surface area (Å²) in [4.78, 5) is 2.16. The summed E-state index contributed by atoms with van der Waals surface area (Å²) < 4.78 is 7.96. The maximum atomic E-state index is 11.9. The maximum Gasteiger partial charge on any atom is 0.275 e. The third kappa shape index (κ3) is 3.34. The van der Waals surface area contributed by atoms with Crippen molar-refractivity contribution >= 4 is 11.5 Å². The van der Waals surface area contributed by atoms with Gasteiger partial charge in [0.2, 0.25) is 0 Å². The molecular formula is C23H29N2O2+. The van der Waals surface area contributed by atoms with Crippen LogP contribution in [0.3, 0.4) is 0 Å². The Hall–Kier alpha value is -2.33. The number of aryl methyl sites for hydroxylation is 1. The molecule has 2 aliphatic rings. The average molecular weight is 365 g/mol. The van der Waals surface area contributed by atoms with Gasteiger partial charge in [-0.3, -0.25) is 4.58 Å². The molecule has 0 aromatic heterocycles. The number of hydrogen-bond donors (Lipinski definition) is 1. The van der Waals surface area contributed by atoms with Crippen LogP contribution < -0.4 is 9.64 Å². The van der Waals surface area contributed by atoms with Crippen LogP contribution in [0.2, 0.25) is 0 Å². The fourth-order valence-electron chi connectivity index (χ4n) is 4.29. The molecule has 2 heterocycles. The zero-order chi connectivity index (χ0) is 18.9. The Morgan fingerprint density at radius 2 is 1.78 bits per heavy atom. The molecule has 2 aromatic rings. The Labute approximate surface area is 161 Å². The number of aliphatic hydroxyl groups is 1. The largest absolute Gasteiger partial charge is 0.494 e. The van der Waals surface area contributed by atoms with Crippen LogP contribution in [0.1, 0.15) is 43.7 Å². The van der Waals surface area contributed by atoms with Crippen molar-refractivity contribution in [3.8, 4) is 5.75 Å². The molecule has 2 aliphatic heterocycles. The lowest BCUT2D eigenvalue weighted by Crippen LogP contribution is -2.47. The Bertz CT molecular complexity index is 826. The molecule has 1 unspecified atom stereocenters. The second-order valence-electron chi connectivity index (χ2n) is 7.59. The molecule has 0 aliphatic carbocycles. The Morgan fingerprint density at radius 3 is 2.48 bits per heavy atom. The quantitative estimate of drug-likeness (QED) is 0.831. The molecule has 0 amide bonds. The lowest BCUT2D eigenvalue weighted by Gasteiger charge is -2.29. The minimum absolute atomic E-state index is 0.601. The summed E-state index contributed by atoms with van der Waals surface area (Å²) in [5.41, 5.74) is 2.13. The number of benzene rings is 2. The van der Waals surface area contributed by atoms with E-state index >= 15 is 0 Å². The van der Waals surface area contributed by atoms with Gasteiger partial charge in [0.05, 0.1) is 13.2 Å². The minimum Gasteiger partial charge on any atom is -0.494 e. The molecule has 0 fully saturated rings. The van der Waals surface area contributed by atoms with E-state index in [1.54, 1.807) is 0 Å². The van der Waals surface area contributed by atoms with E-state index < -0.39 is 5.72 Å². The number of ether oxygens (including phenoxy) is 1. The van der Waals surface area contributed by atoms with Gasteiger partial charge in [0.1, 0.15) is 11.4 Å². The first kappa shape index (κ1) is 18.1. The summed E-state index contributed by atoms with van der Waals surface area (Å²) in [7, 11) is 0. The molecule has 4 nitrogen and oxygen atoms in total. The summed E-state index contributed by atoms with van der Waals surface area (Å²) in [6, 6.07) is 16.4. The molecule has 4 heteroatoms. The molecule has 1 N–H and O–H groups in total. The fourth-order valence-corrected chi connectivity index (χ4v) is 4.29. The zero-order valence-corrected chi connectivity index (χ0v) is 16.3. The molecule has 0 spiro atoms. The molecule has 142 valence electrons. The van der Waals surface area contributed by atoms with Crippen molar-refractivity contribution < 1.29 is 14.4 Å². The van der Waals surface area contributed by atoms with E-state index in [4.69, 9.17) is 4.74 Å². The van der Waals surface area contributed by atoms with E-state index in [0.717, 1.165) is 30.0 Å². The highest BCUT2D eigenvalue weighted by Crippen LogP contribution is 2.38. The van der Waals surface area contributed by atoms with Crippen LogP contribution in [0.15, 0.2) is 48.5 Å². The van der Waals surface area contributed by atoms with E-state index in [-0.39, 0.29) is 0 Å². The average Bonchev–Trinajstić information content (AvgIpc) is 2.80. The minimum atomic E-state index is -1.06. The molecule has 27 heavy (non-hydrogen) atoms. The number of nitrogens with zero attached hydrogens (tertiary/aromatic N) is 2. The number of rotatable bonds is 4. The second-order valence-corrected chi connectivity index (χ2v) is 7.59. The number of amidine groups is 1. The third-order valence-electron chi connectivity index (χ3n) is 5.65. The SMILES string of the molecule is CCOc1ccc(C2(O)C[N+]3=C(CCCCC3)N2c2ccc(C)cc2)cc1. The van der Waals surface area contributed by atoms with Crippen molar-refractivity contribution in [2.45, 2.75) is 45.3 Å². The first-order valence-electron chi connectivity index (χ1n) is 10.1. The molecule has 0 saturated carbocycles.